The van der Waals surface area contributed by atoms with Crippen molar-refractivity contribution in [3.05, 3.63) is 71.8 Å². The molecular weight excluding hydrogens is 272 g/mol. The van der Waals surface area contributed by atoms with Gasteiger partial charge in [0.2, 0.25) is 0 Å². The van der Waals surface area contributed by atoms with Gasteiger partial charge in [0.05, 0.1) is 12.1 Å². The Bertz CT molecular complexity index is 581. The molecule has 110 valence electrons. The highest BCUT2D eigenvalue weighted by molar-refractivity contribution is 5.24. The van der Waals surface area contributed by atoms with E-state index in [9.17, 15) is 10.5 Å². The lowest BCUT2D eigenvalue weighted by Crippen LogP contribution is -2.31. The predicted octanol–water partition coefficient (Wildman–Crippen LogP) is 2.70. The van der Waals surface area contributed by atoms with Gasteiger partial charge in [-0.1, -0.05) is 60.7 Å². The van der Waals surface area contributed by atoms with Crippen LogP contribution in [0.25, 0.3) is 0 Å². The Morgan fingerprint density at radius 1 is 0.682 bits per heavy atom. The average Bonchev–Trinajstić information content (AvgIpc) is 2.60. The van der Waals surface area contributed by atoms with E-state index in [1.807, 2.05) is 60.7 Å². The molecule has 0 spiro atoms. The third kappa shape index (κ3) is 4.43. The monoisotopic (exact) mass is 290 g/mol. The van der Waals surface area contributed by atoms with E-state index in [2.05, 4.69) is 22.8 Å². The summed E-state index contributed by atoms with van der Waals surface area (Å²) in [5.41, 5.74) is 1.90. The van der Waals surface area contributed by atoms with Crippen molar-refractivity contribution in [2.45, 2.75) is 12.1 Å². The number of rotatable bonds is 7. The third-order valence-electron chi connectivity index (χ3n) is 3.35. The highest BCUT2D eigenvalue weighted by atomic mass is 15.0. The normalized spacial score (nSPS) is 12.8. The first-order chi connectivity index (χ1) is 10.8. The van der Waals surface area contributed by atoms with E-state index in [-0.39, 0.29) is 12.1 Å². The fourth-order valence-corrected chi connectivity index (χ4v) is 2.20. The van der Waals surface area contributed by atoms with Crippen LogP contribution in [0, 0.1) is 22.7 Å². The summed E-state index contributed by atoms with van der Waals surface area (Å²) in [5, 5.41) is 24.8. The summed E-state index contributed by atoms with van der Waals surface area (Å²) < 4.78 is 0. The van der Waals surface area contributed by atoms with E-state index in [0.29, 0.717) is 13.1 Å². The maximum atomic E-state index is 9.23. The van der Waals surface area contributed by atoms with Gasteiger partial charge in [0.1, 0.15) is 12.1 Å². The zero-order valence-corrected chi connectivity index (χ0v) is 12.2. The minimum Gasteiger partial charge on any atom is -0.297 e. The summed E-state index contributed by atoms with van der Waals surface area (Å²) in [5.74, 6) is 0. The minimum absolute atomic E-state index is 0.333. The highest BCUT2D eigenvalue weighted by Crippen LogP contribution is 2.12. The lowest BCUT2D eigenvalue weighted by molar-refractivity contribution is 0.558. The van der Waals surface area contributed by atoms with E-state index in [1.54, 1.807) is 0 Å². The summed E-state index contributed by atoms with van der Waals surface area (Å²) in [6, 6.07) is 23.1. The molecule has 0 radical (unpaired) electrons. The van der Waals surface area contributed by atoms with Crippen LogP contribution in [-0.2, 0) is 0 Å². The van der Waals surface area contributed by atoms with Gasteiger partial charge in [0.25, 0.3) is 0 Å². The minimum atomic E-state index is -0.333. The van der Waals surface area contributed by atoms with Crippen molar-refractivity contribution >= 4 is 0 Å². The van der Waals surface area contributed by atoms with Crippen LogP contribution in [-0.4, -0.2) is 13.1 Å². The molecule has 2 rings (SSSR count). The first-order valence-electron chi connectivity index (χ1n) is 7.21. The molecular formula is C18H18N4. The van der Waals surface area contributed by atoms with Gasteiger partial charge < -0.3 is 0 Å². The maximum Gasteiger partial charge on any atom is 0.121 e. The molecule has 0 saturated carbocycles. The predicted molar refractivity (Wildman–Crippen MR) is 85.6 cm³/mol. The van der Waals surface area contributed by atoms with Gasteiger partial charge in [-0.25, -0.2) is 0 Å². The van der Waals surface area contributed by atoms with Gasteiger partial charge in [0.15, 0.2) is 0 Å². The van der Waals surface area contributed by atoms with Crippen LogP contribution in [0.4, 0.5) is 0 Å². The molecule has 0 amide bonds. The zero-order chi connectivity index (χ0) is 15.6. The Morgan fingerprint density at radius 2 is 1.05 bits per heavy atom. The van der Waals surface area contributed by atoms with Crippen LogP contribution in [0.15, 0.2) is 60.7 Å². The highest BCUT2D eigenvalue weighted by Gasteiger charge is 2.11. The van der Waals surface area contributed by atoms with Gasteiger partial charge in [-0.3, -0.25) is 10.6 Å². The molecule has 0 saturated heterocycles. The summed E-state index contributed by atoms with van der Waals surface area (Å²) in [7, 11) is 0. The number of nitrogens with one attached hydrogen (secondary N) is 2. The van der Waals surface area contributed by atoms with Gasteiger partial charge >= 0.3 is 0 Å². The second kappa shape index (κ2) is 8.59. The molecule has 0 bridgehead atoms. The van der Waals surface area contributed by atoms with Crippen molar-refractivity contribution < 1.29 is 0 Å². The van der Waals surface area contributed by atoms with E-state index < -0.39 is 0 Å². The molecule has 2 unspecified atom stereocenters. The molecule has 22 heavy (non-hydrogen) atoms. The quantitative estimate of drug-likeness (QED) is 0.769. The summed E-state index contributed by atoms with van der Waals surface area (Å²) in [6.07, 6.45) is 0. The third-order valence-corrected chi connectivity index (χ3v) is 3.35. The smallest absolute Gasteiger partial charge is 0.121 e. The average molecular weight is 290 g/mol. The molecule has 0 aromatic heterocycles. The first-order valence-corrected chi connectivity index (χ1v) is 7.21. The molecule has 4 nitrogen and oxygen atoms in total. The van der Waals surface area contributed by atoms with Crippen molar-refractivity contribution in [3.63, 3.8) is 0 Å². The molecule has 2 aromatic rings. The number of nitrogens with zero attached hydrogens (tertiary/aromatic N) is 2. The number of nitriles is 2. The van der Waals surface area contributed by atoms with Crippen LogP contribution in [0.5, 0.6) is 0 Å². The maximum absolute atomic E-state index is 9.23. The Labute approximate surface area is 131 Å². The summed E-state index contributed by atoms with van der Waals surface area (Å²) in [6.45, 7) is 1.22. The standard InChI is InChI=1S/C18H18N4/c19-13-17(15-7-3-1-4-8-15)21-11-12-22-18(14-20)16-9-5-2-6-10-16/h1-10,17-18,21-22H,11-12H2. The van der Waals surface area contributed by atoms with Crippen molar-refractivity contribution in [2.75, 3.05) is 13.1 Å². The van der Waals surface area contributed by atoms with Gasteiger partial charge in [-0.15, -0.1) is 0 Å². The van der Waals surface area contributed by atoms with Crippen LogP contribution in [0.2, 0.25) is 0 Å². The fraction of sp³-hybridized carbons (Fsp3) is 0.222. The lowest BCUT2D eigenvalue weighted by atomic mass is 10.1. The molecule has 2 aromatic carbocycles. The van der Waals surface area contributed by atoms with Crippen molar-refractivity contribution in [3.8, 4) is 12.1 Å². The van der Waals surface area contributed by atoms with Crippen molar-refractivity contribution in [2.24, 2.45) is 0 Å². The van der Waals surface area contributed by atoms with Crippen LogP contribution >= 0.6 is 0 Å². The molecule has 2 N–H and O–H groups in total. The Balaban J connectivity index is 1.81. The Morgan fingerprint density at radius 3 is 1.36 bits per heavy atom. The van der Waals surface area contributed by atoms with Crippen molar-refractivity contribution in [1.29, 1.82) is 10.5 Å². The number of benzene rings is 2. The van der Waals surface area contributed by atoms with Crippen LogP contribution < -0.4 is 10.6 Å². The zero-order valence-electron chi connectivity index (χ0n) is 12.2. The number of hydrogen-bond donors (Lipinski definition) is 2. The molecule has 0 aliphatic rings. The van der Waals surface area contributed by atoms with Gasteiger partial charge in [0, 0.05) is 13.1 Å². The molecule has 0 aliphatic carbocycles. The van der Waals surface area contributed by atoms with E-state index >= 15 is 0 Å². The molecule has 0 heterocycles. The number of hydrogen-bond acceptors (Lipinski definition) is 4. The first kappa shape index (κ1) is 15.7. The van der Waals surface area contributed by atoms with E-state index in [4.69, 9.17) is 0 Å². The van der Waals surface area contributed by atoms with Gasteiger partial charge in [-0.05, 0) is 11.1 Å². The molecule has 4 heteroatoms. The van der Waals surface area contributed by atoms with E-state index in [0.717, 1.165) is 11.1 Å². The second-order valence-corrected chi connectivity index (χ2v) is 4.85. The largest absolute Gasteiger partial charge is 0.297 e. The molecule has 2 atom stereocenters. The van der Waals surface area contributed by atoms with Crippen LogP contribution in [0.3, 0.4) is 0 Å². The molecule has 0 aliphatic heterocycles. The van der Waals surface area contributed by atoms with Gasteiger partial charge in [-0.2, -0.15) is 10.5 Å². The van der Waals surface area contributed by atoms with Crippen LogP contribution in [0.1, 0.15) is 23.2 Å². The summed E-state index contributed by atoms with van der Waals surface area (Å²) >= 11 is 0. The Hall–Kier alpha value is -2.66. The lowest BCUT2D eigenvalue weighted by Gasteiger charge is -2.14. The molecule has 0 fully saturated rings. The van der Waals surface area contributed by atoms with E-state index in [1.165, 1.54) is 0 Å². The Kier molecular flexibility index (Phi) is 6.14. The second-order valence-electron chi connectivity index (χ2n) is 4.85. The fourth-order valence-electron chi connectivity index (χ4n) is 2.20. The SMILES string of the molecule is N#CC(NCCNC(C#N)c1ccccc1)c1ccccc1. The summed E-state index contributed by atoms with van der Waals surface area (Å²) in [4.78, 5) is 0. The topological polar surface area (TPSA) is 71.6 Å². The van der Waals surface area contributed by atoms with Crippen molar-refractivity contribution in [1.82, 2.24) is 10.6 Å².